The molecule has 2 heterocycles. The van der Waals surface area contributed by atoms with E-state index in [1.165, 1.54) is 5.56 Å². The van der Waals surface area contributed by atoms with Crippen molar-refractivity contribution in [3.05, 3.63) is 90.1 Å². The third-order valence-electron chi connectivity index (χ3n) is 4.95. The zero-order valence-electron chi connectivity index (χ0n) is 16.7. The summed E-state index contributed by atoms with van der Waals surface area (Å²) in [5.74, 6) is 1.51. The van der Waals surface area contributed by atoms with Crippen LogP contribution in [-0.2, 0) is 6.42 Å². The number of pyridine rings is 2. The second-order valence-corrected chi connectivity index (χ2v) is 7.34. The largest absolute Gasteiger partial charge is 0.377 e. The van der Waals surface area contributed by atoms with Gasteiger partial charge in [-0.1, -0.05) is 54.6 Å². The fraction of sp³-hybridized carbons (Fsp3) is 0.167. The molecule has 29 heavy (non-hydrogen) atoms. The number of aromatic nitrogens is 2. The van der Waals surface area contributed by atoms with E-state index in [2.05, 4.69) is 33.4 Å². The number of hydrogen-bond acceptors (Lipinski definition) is 5. The second kappa shape index (κ2) is 8.29. The van der Waals surface area contributed by atoms with Gasteiger partial charge in [-0.15, -0.1) is 0 Å². The fourth-order valence-electron chi connectivity index (χ4n) is 3.41. The van der Waals surface area contributed by atoms with E-state index in [-0.39, 0.29) is 6.04 Å². The van der Waals surface area contributed by atoms with Crippen LogP contribution in [0.1, 0.15) is 17.2 Å². The Kier molecular flexibility index (Phi) is 5.40. The van der Waals surface area contributed by atoms with Gasteiger partial charge in [-0.05, 0) is 29.7 Å². The van der Waals surface area contributed by atoms with Crippen LogP contribution in [-0.4, -0.2) is 24.1 Å². The number of rotatable bonds is 6. The van der Waals surface area contributed by atoms with Crippen LogP contribution in [0.25, 0.3) is 10.9 Å². The number of nitrogens with two attached hydrogens (primary N) is 1. The molecule has 0 fully saturated rings. The lowest BCUT2D eigenvalue weighted by Gasteiger charge is -2.17. The summed E-state index contributed by atoms with van der Waals surface area (Å²) in [6, 6.07) is 24.3. The summed E-state index contributed by atoms with van der Waals surface area (Å²) in [5.41, 5.74) is 10.7. The van der Waals surface area contributed by atoms with Gasteiger partial charge in [0.05, 0.1) is 5.52 Å². The first-order valence-electron chi connectivity index (χ1n) is 9.70. The van der Waals surface area contributed by atoms with Crippen LogP contribution in [0.4, 0.5) is 17.3 Å². The number of anilines is 3. The standard InChI is InChI=1S/C24H25N5/c1-29(2)22-15-24(27-21-11-7-6-10-19(21)22)28-23-13-12-18(16-26-23)20(25)14-17-8-4-3-5-9-17/h3-13,15-16,20H,14,25H2,1-2H3,(H,26,27,28). The van der Waals surface area contributed by atoms with E-state index in [1.54, 1.807) is 0 Å². The normalized spacial score (nSPS) is 12.0. The van der Waals surface area contributed by atoms with Crippen molar-refractivity contribution in [2.24, 2.45) is 5.73 Å². The van der Waals surface area contributed by atoms with Gasteiger partial charge in [0.25, 0.3) is 0 Å². The molecule has 5 heteroatoms. The molecule has 1 atom stereocenters. The van der Waals surface area contributed by atoms with Gasteiger partial charge in [-0.2, -0.15) is 0 Å². The number of nitrogens with zero attached hydrogens (tertiary/aromatic N) is 3. The number of para-hydroxylation sites is 1. The number of fused-ring (bicyclic) bond motifs is 1. The van der Waals surface area contributed by atoms with Gasteiger partial charge in [0, 0.05) is 43.5 Å². The van der Waals surface area contributed by atoms with Crippen molar-refractivity contribution in [2.45, 2.75) is 12.5 Å². The van der Waals surface area contributed by atoms with E-state index in [0.717, 1.165) is 40.2 Å². The Morgan fingerprint density at radius 2 is 1.69 bits per heavy atom. The molecule has 0 bridgehead atoms. The van der Waals surface area contributed by atoms with Crippen molar-refractivity contribution in [1.29, 1.82) is 0 Å². The van der Waals surface area contributed by atoms with E-state index in [4.69, 9.17) is 10.7 Å². The van der Waals surface area contributed by atoms with Gasteiger partial charge < -0.3 is 16.0 Å². The zero-order valence-corrected chi connectivity index (χ0v) is 16.7. The molecule has 2 aromatic carbocycles. The van der Waals surface area contributed by atoms with Crippen LogP contribution in [0.2, 0.25) is 0 Å². The quantitative estimate of drug-likeness (QED) is 0.506. The van der Waals surface area contributed by atoms with Crippen molar-refractivity contribution >= 4 is 28.2 Å². The average Bonchev–Trinajstić information content (AvgIpc) is 2.74. The summed E-state index contributed by atoms with van der Waals surface area (Å²) in [7, 11) is 4.07. The van der Waals surface area contributed by atoms with Gasteiger partial charge in [0.1, 0.15) is 11.6 Å². The SMILES string of the molecule is CN(C)c1cc(Nc2ccc(C(N)Cc3ccccc3)cn2)nc2ccccc12. The molecule has 0 amide bonds. The van der Waals surface area contributed by atoms with E-state index >= 15 is 0 Å². The van der Waals surface area contributed by atoms with Crippen molar-refractivity contribution in [2.75, 3.05) is 24.3 Å². The summed E-state index contributed by atoms with van der Waals surface area (Å²) in [4.78, 5) is 11.4. The monoisotopic (exact) mass is 383 g/mol. The Hall–Kier alpha value is -3.44. The molecule has 0 spiro atoms. The molecule has 0 aliphatic carbocycles. The number of nitrogens with one attached hydrogen (secondary N) is 1. The van der Waals surface area contributed by atoms with Gasteiger partial charge in [0.15, 0.2) is 0 Å². The number of hydrogen-bond donors (Lipinski definition) is 2. The molecule has 3 N–H and O–H groups in total. The van der Waals surface area contributed by atoms with E-state index in [0.29, 0.717) is 0 Å². The fourth-order valence-corrected chi connectivity index (χ4v) is 3.41. The Labute approximate surface area is 171 Å². The van der Waals surface area contributed by atoms with Crippen LogP contribution >= 0.6 is 0 Å². The first kappa shape index (κ1) is 18.9. The predicted octanol–water partition coefficient (Wildman–Crippen LogP) is 4.68. The first-order valence-corrected chi connectivity index (χ1v) is 9.70. The van der Waals surface area contributed by atoms with Gasteiger partial charge >= 0.3 is 0 Å². The molecule has 4 rings (SSSR count). The molecule has 0 aliphatic rings. The molecule has 4 aromatic rings. The summed E-state index contributed by atoms with van der Waals surface area (Å²) in [6.45, 7) is 0. The third-order valence-corrected chi connectivity index (χ3v) is 4.95. The molecule has 146 valence electrons. The maximum absolute atomic E-state index is 6.37. The van der Waals surface area contributed by atoms with Crippen molar-refractivity contribution < 1.29 is 0 Å². The Balaban J connectivity index is 1.53. The highest BCUT2D eigenvalue weighted by molar-refractivity contribution is 5.93. The summed E-state index contributed by atoms with van der Waals surface area (Å²) < 4.78 is 0. The molecule has 0 aliphatic heterocycles. The van der Waals surface area contributed by atoms with Gasteiger partial charge in [0.2, 0.25) is 0 Å². The molecule has 0 radical (unpaired) electrons. The lowest BCUT2D eigenvalue weighted by Crippen LogP contribution is -2.13. The number of benzene rings is 2. The zero-order chi connectivity index (χ0) is 20.2. The van der Waals surface area contributed by atoms with Crippen molar-refractivity contribution in [3.8, 4) is 0 Å². The molecule has 5 nitrogen and oxygen atoms in total. The summed E-state index contributed by atoms with van der Waals surface area (Å²) >= 11 is 0. The average molecular weight is 383 g/mol. The lowest BCUT2D eigenvalue weighted by atomic mass is 10.0. The van der Waals surface area contributed by atoms with Gasteiger partial charge in [-0.3, -0.25) is 0 Å². The van der Waals surface area contributed by atoms with Crippen molar-refractivity contribution in [3.63, 3.8) is 0 Å². The van der Waals surface area contributed by atoms with E-state index in [1.807, 2.05) is 74.9 Å². The molecule has 0 saturated heterocycles. The molecule has 2 aromatic heterocycles. The van der Waals surface area contributed by atoms with Crippen LogP contribution < -0.4 is 16.0 Å². The minimum absolute atomic E-state index is 0.0851. The highest BCUT2D eigenvalue weighted by atomic mass is 15.1. The van der Waals surface area contributed by atoms with E-state index in [9.17, 15) is 0 Å². The highest BCUT2D eigenvalue weighted by Gasteiger charge is 2.10. The molecular formula is C24H25N5. The van der Waals surface area contributed by atoms with Crippen LogP contribution in [0.3, 0.4) is 0 Å². The third kappa shape index (κ3) is 4.36. The second-order valence-electron chi connectivity index (χ2n) is 7.34. The van der Waals surface area contributed by atoms with E-state index < -0.39 is 0 Å². The Bertz CT molecular complexity index is 1090. The van der Waals surface area contributed by atoms with Gasteiger partial charge in [-0.25, -0.2) is 9.97 Å². The summed E-state index contributed by atoms with van der Waals surface area (Å²) in [5, 5.41) is 4.44. The summed E-state index contributed by atoms with van der Waals surface area (Å²) in [6.07, 6.45) is 2.62. The van der Waals surface area contributed by atoms with Crippen LogP contribution in [0.5, 0.6) is 0 Å². The van der Waals surface area contributed by atoms with Crippen molar-refractivity contribution in [1.82, 2.24) is 9.97 Å². The first-order chi connectivity index (χ1) is 14.1. The molecule has 1 unspecified atom stereocenters. The Morgan fingerprint density at radius 3 is 2.41 bits per heavy atom. The maximum atomic E-state index is 6.37. The van der Waals surface area contributed by atoms with Crippen LogP contribution in [0.15, 0.2) is 79.0 Å². The molecular weight excluding hydrogens is 358 g/mol. The van der Waals surface area contributed by atoms with Crippen LogP contribution in [0, 0.1) is 0 Å². The Morgan fingerprint density at radius 1 is 0.931 bits per heavy atom. The predicted molar refractivity (Wildman–Crippen MR) is 121 cm³/mol. The minimum atomic E-state index is -0.0851. The molecule has 0 saturated carbocycles. The topological polar surface area (TPSA) is 67.1 Å². The minimum Gasteiger partial charge on any atom is -0.377 e. The smallest absolute Gasteiger partial charge is 0.134 e. The highest BCUT2D eigenvalue weighted by Crippen LogP contribution is 2.28. The lowest BCUT2D eigenvalue weighted by molar-refractivity contribution is 0.718. The maximum Gasteiger partial charge on any atom is 0.134 e.